The van der Waals surface area contributed by atoms with Crippen LogP contribution >= 0.6 is 0 Å². The van der Waals surface area contributed by atoms with E-state index in [1.807, 2.05) is 6.07 Å². The van der Waals surface area contributed by atoms with Crippen LogP contribution < -0.4 is 0 Å². The zero-order valence-corrected chi connectivity index (χ0v) is 15.6. The number of carbonyl (C=O) groups excluding carboxylic acids is 2. The van der Waals surface area contributed by atoms with Gasteiger partial charge in [0.15, 0.2) is 0 Å². The molecule has 25 heavy (non-hydrogen) atoms. The lowest BCUT2D eigenvalue weighted by molar-refractivity contribution is 0.0651. The summed E-state index contributed by atoms with van der Waals surface area (Å²) in [4.78, 5) is 26.2. The highest BCUT2D eigenvalue weighted by Gasteiger charge is 2.34. The van der Waals surface area contributed by atoms with Gasteiger partial charge in [0, 0.05) is 6.54 Å². The number of imide groups is 1. The number of fused-ring (bicyclic) bond motifs is 1. The summed E-state index contributed by atoms with van der Waals surface area (Å²) in [5.74, 6) is -0.300. The molecule has 0 radical (unpaired) electrons. The average Bonchev–Trinajstić information content (AvgIpc) is 2.87. The van der Waals surface area contributed by atoms with Crippen molar-refractivity contribution < 1.29 is 9.59 Å². The second-order valence-electron chi connectivity index (χ2n) is 6.95. The Morgan fingerprint density at radius 2 is 1.40 bits per heavy atom. The van der Waals surface area contributed by atoms with E-state index in [1.54, 1.807) is 18.2 Å². The van der Waals surface area contributed by atoms with Crippen LogP contribution in [0.25, 0.3) is 6.08 Å². The van der Waals surface area contributed by atoms with Crippen molar-refractivity contribution in [2.24, 2.45) is 0 Å². The smallest absolute Gasteiger partial charge is 0.261 e. The van der Waals surface area contributed by atoms with E-state index in [0.717, 1.165) is 18.4 Å². The van der Waals surface area contributed by atoms with Gasteiger partial charge in [0.25, 0.3) is 11.8 Å². The Kier molecular flexibility index (Phi) is 7.90. The first-order valence-electron chi connectivity index (χ1n) is 9.81. The Labute approximate surface area is 152 Å². The first-order chi connectivity index (χ1) is 12.2. The molecule has 2 amide bonds. The Morgan fingerprint density at radius 3 is 2.00 bits per heavy atom. The van der Waals surface area contributed by atoms with Crippen molar-refractivity contribution >= 4 is 17.9 Å². The largest absolute Gasteiger partial charge is 0.274 e. The van der Waals surface area contributed by atoms with Gasteiger partial charge in [-0.3, -0.25) is 14.5 Å². The van der Waals surface area contributed by atoms with E-state index in [4.69, 9.17) is 0 Å². The molecule has 3 nitrogen and oxygen atoms in total. The molecule has 0 bridgehead atoms. The van der Waals surface area contributed by atoms with Crippen LogP contribution in [0.15, 0.2) is 24.8 Å². The molecule has 0 fully saturated rings. The van der Waals surface area contributed by atoms with Gasteiger partial charge in [0.1, 0.15) is 0 Å². The van der Waals surface area contributed by atoms with E-state index >= 15 is 0 Å². The number of nitrogens with zero attached hydrogens (tertiary/aromatic N) is 1. The number of hydrogen-bond acceptors (Lipinski definition) is 2. The predicted octanol–water partition coefficient (Wildman–Crippen LogP) is 5.85. The van der Waals surface area contributed by atoms with Gasteiger partial charge < -0.3 is 0 Å². The fourth-order valence-electron chi connectivity index (χ4n) is 3.40. The number of amides is 2. The Morgan fingerprint density at radius 1 is 0.840 bits per heavy atom. The second kappa shape index (κ2) is 10.2. The Hall–Kier alpha value is -1.90. The maximum atomic E-state index is 12.4. The quantitative estimate of drug-likeness (QED) is 0.353. The lowest BCUT2D eigenvalue weighted by atomic mass is 10.1. The van der Waals surface area contributed by atoms with Crippen molar-refractivity contribution in [2.45, 2.75) is 71.1 Å². The highest BCUT2D eigenvalue weighted by Crippen LogP contribution is 2.25. The summed E-state index contributed by atoms with van der Waals surface area (Å²) in [6, 6.07) is 5.34. The third-order valence-electron chi connectivity index (χ3n) is 4.97. The fourth-order valence-corrected chi connectivity index (χ4v) is 3.40. The van der Waals surface area contributed by atoms with Gasteiger partial charge in [-0.15, -0.1) is 0 Å². The molecule has 0 aliphatic carbocycles. The third kappa shape index (κ3) is 5.29. The third-order valence-corrected chi connectivity index (χ3v) is 4.97. The van der Waals surface area contributed by atoms with Crippen molar-refractivity contribution in [1.82, 2.24) is 4.90 Å². The van der Waals surface area contributed by atoms with E-state index in [0.29, 0.717) is 17.7 Å². The minimum absolute atomic E-state index is 0.147. The van der Waals surface area contributed by atoms with E-state index in [2.05, 4.69) is 13.5 Å². The average molecular weight is 341 g/mol. The van der Waals surface area contributed by atoms with Gasteiger partial charge in [-0.2, -0.15) is 0 Å². The van der Waals surface area contributed by atoms with Crippen LogP contribution in [0.3, 0.4) is 0 Å². The second-order valence-corrected chi connectivity index (χ2v) is 6.95. The molecule has 1 aliphatic rings. The summed E-state index contributed by atoms with van der Waals surface area (Å²) in [7, 11) is 0. The molecule has 3 heteroatoms. The lowest BCUT2D eigenvalue weighted by Gasteiger charge is -2.13. The molecule has 0 atom stereocenters. The van der Waals surface area contributed by atoms with Crippen molar-refractivity contribution in [3.05, 3.63) is 41.5 Å². The van der Waals surface area contributed by atoms with Crippen molar-refractivity contribution in [3.63, 3.8) is 0 Å². The van der Waals surface area contributed by atoms with Gasteiger partial charge in [-0.25, -0.2) is 0 Å². The molecule has 0 unspecified atom stereocenters. The lowest BCUT2D eigenvalue weighted by Crippen LogP contribution is -2.30. The van der Waals surface area contributed by atoms with Gasteiger partial charge in [-0.1, -0.05) is 83.4 Å². The highest BCUT2D eigenvalue weighted by atomic mass is 16.2. The molecule has 0 spiro atoms. The molecule has 0 N–H and O–H groups in total. The molecule has 0 saturated heterocycles. The zero-order chi connectivity index (χ0) is 18.1. The van der Waals surface area contributed by atoms with Crippen LogP contribution in [0.1, 0.15) is 97.4 Å². The Balaban J connectivity index is 1.66. The number of benzene rings is 1. The van der Waals surface area contributed by atoms with E-state index in [1.165, 1.54) is 56.3 Å². The van der Waals surface area contributed by atoms with Crippen LogP contribution in [0.4, 0.5) is 0 Å². The maximum Gasteiger partial charge on any atom is 0.261 e. The Bertz CT molecular complexity index is 606. The summed E-state index contributed by atoms with van der Waals surface area (Å²) in [5, 5.41) is 0. The van der Waals surface area contributed by atoms with Gasteiger partial charge in [0.05, 0.1) is 11.1 Å². The molecule has 1 aliphatic heterocycles. The molecule has 1 aromatic carbocycles. The summed E-state index contributed by atoms with van der Waals surface area (Å²) in [5.41, 5.74) is 1.93. The van der Waals surface area contributed by atoms with E-state index < -0.39 is 0 Å². The van der Waals surface area contributed by atoms with Gasteiger partial charge in [0.2, 0.25) is 0 Å². The summed E-state index contributed by atoms with van der Waals surface area (Å²) < 4.78 is 0. The van der Waals surface area contributed by atoms with E-state index in [-0.39, 0.29) is 11.8 Å². The van der Waals surface area contributed by atoms with Gasteiger partial charge in [-0.05, 0) is 24.1 Å². The summed E-state index contributed by atoms with van der Waals surface area (Å²) >= 11 is 0. The normalized spacial score (nSPS) is 13.4. The predicted molar refractivity (Wildman–Crippen MR) is 104 cm³/mol. The monoisotopic (exact) mass is 341 g/mol. The molecule has 136 valence electrons. The van der Waals surface area contributed by atoms with Crippen LogP contribution in [0.5, 0.6) is 0 Å². The van der Waals surface area contributed by atoms with Crippen molar-refractivity contribution in [2.75, 3.05) is 6.54 Å². The molecule has 2 rings (SSSR count). The molecular weight excluding hydrogens is 310 g/mol. The molecule has 0 saturated carbocycles. The standard InChI is InChI=1S/C22H31NO2/c1-3-5-6-7-8-9-10-11-12-13-16-23-21(24)19-15-14-18(4-2)17-20(19)22(23)25/h4,14-15,17H,2-3,5-13,16H2,1H3. The minimum atomic E-state index is -0.153. The number of unbranched alkanes of at least 4 members (excludes halogenated alkanes) is 9. The van der Waals surface area contributed by atoms with E-state index in [9.17, 15) is 9.59 Å². The number of rotatable bonds is 12. The SMILES string of the molecule is C=Cc1ccc2c(c1)C(=O)N(CCCCCCCCCCCC)C2=O. The highest BCUT2D eigenvalue weighted by molar-refractivity contribution is 6.21. The van der Waals surface area contributed by atoms with Crippen LogP contribution in [0.2, 0.25) is 0 Å². The first kappa shape index (κ1) is 19.4. The van der Waals surface area contributed by atoms with Crippen molar-refractivity contribution in [1.29, 1.82) is 0 Å². The maximum absolute atomic E-state index is 12.4. The molecule has 1 aromatic rings. The van der Waals surface area contributed by atoms with Crippen LogP contribution in [-0.4, -0.2) is 23.3 Å². The summed E-state index contributed by atoms with van der Waals surface area (Å²) in [6.45, 7) is 6.49. The number of hydrogen-bond donors (Lipinski definition) is 0. The zero-order valence-electron chi connectivity index (χ0n) is 15.6. The molecular formula is C22H31NO2. The first-order valence-corrected chi connectivity index (χ1v) is 9.81. The summed E-state index contributed by atoms with van der Waals surface area (Å²) in [6.07, 6.45) is 14.2. The topological polar surface area (TPSA) is 37.4 Å². The molecule has 1 heterocycles. The van der Waals surface area contributed by atoms with Crippen molar-refractivity contribution in [3.8, 4) is 0 Å². The number of carbonyl (C=O) groups is 2. The molecule has 0 aromatic heterocycles. The van der Waals surface area contributed by atoms with Gasteiger partial charge >= 0.3 is 0 Å². The van der Waals surface area contributed by atoms with Crippen LogP contribution in [-0.2, 0) is 0 Å². The minimum Gasteiger partial charge on any atom is -0.274 e. The van der Waals surface area contributed by atoms with Crippen LogP contribution in [0, 0.1) is 0 Å². The fraction of sp³-hybridized carbons (Fsp3) is 0.545.